The summed E-state index contributed by atoms with van der Waals surface area (Å²) in [7, 11) is 0. The molecule has 2 aromatic rings. The maximum Gasteiger partial charge on any atom is 0.269 e. The molecule has 0 spiro atoms. The molecule has 0 heterocycles. The maximum atomic E-state index is 10.7. The van der Waals surface area contributed by atoms with Gasteiger partial charge in [-0.3, -0.25) is 15.1 Å². The molecule has 0 saturated heterocycles. The monoisotopic (exact) mass is 368 g/mol. The van der Waals surface area contributed by atoms with E-state index in [1.807, 2.05) is 30.5 Å². The zero-order valence-corrected chi connectivity index (χ0v) is 16.1. The Labute approximate surface area is 161 Å². The van der Waals surface area contributed by atoms with Crippen molar-refractivity contribution in [3.8, 4) is 5.75 Å². The molecule has 2 rings (SSSR count). The van der Waals surface area contributed by atoms with Crippen molar-refractivity contribution in [3.05, 3.63) is 69.8 Å². The van der Waals surface area contributed by atoms with Crippen molar-refractivity contribution in [2.45, 2.75) is 46.1 Å². The van der Waals surface area contributed by atoms with Crippen LogP contribution in [0.5, 0.6) is 5.75 Å². The lowest BCUT2D eigenvalue weighted by Gasteiger charge is -2.10. The highest BCUT2D eigenvalue weighted by molar-refractivity contribution is 5.79. The highest BCUT2D eigenvalue weighted by atomic mass is 16.6. The molecular formula is C22H28N2O3. The van der Waals surface area contributed by atoms with E-state index < -0.39 is 4.92 Å². The quantitative estimate of drug-likeness (QED) is 0.286. The third-order valence-electron chi connectivity index (χ3n) is 4.58. The summed E-state index contributed by atoms with van der Waals surface area (Å²) in [4.78, 5) is 14.8. The van der Waals surface area contributed by atoms with E-state index in [1.165, 1.54) is 37.8 Å². The Bertz CT molecular complexity index is 724. The number of nitro groups is 1. The van der Waals surface area contributed by atoms with Gasteiger partial charge >= 0.3 is 0 Å². The summed E-state index contributed by atoms with van der Waals surface area (Å²) in [6.45, 7) is 5.71. The molecule has 1 atom stereocenters. The Hall–Kier alpha value is -2.69. The van der Waals surface area contributed by atoms with Crippen LogP contribution in [0.25, 0.3) is 0 Å². The maximum absolute atomic E-state index is 10.7. The van der Waals surface area contributed by atoms with Crippen LogP contribution in [-0.4, -0.2) is 17.7 Å². The number of benzene rings is 2. The fourth-order valence-corrected chi connectivity index (χ4v) is 2.76. The van der Waals surface area contributed by atoms with Crippen LogP contribution in [0.1, 0.15) is 50.7 Å². The number of unbranched alkanes of at least 4 members (excludes halogenated alkanes) is 1. The Morgan fingerprint density at radius 2 is 1.81 bits per heavy atom. The molecule has 0 aliphatic rings. The van der Waals surface area contributed by atoms with Crippen molar-refractivity contribution < 1.29 is 9.66 Å². The van der Waals surface area contributed by atoms with Crippen LogP contribution in [0.15, 0.2) is 53.5 Å². The van der Waals surface area contributed by atoms with Gasteiger partial charge in [0.25, 0.3) is 5.69 Å². The summed E-state index contributed by atoms with van der Waals surface area (Å²) in [5.74, 6) is 1.44. The van der Waals surface area contributed by atoms with Crippen LogP contribution in [-0.2, 0) is 6.61 Å². The minimum atomic E-state index is -0.405. The molecule has 0 radical (unpaired) electrons. The van der Waals surface area contributed by atoms with E-state index in [0.717, 1.165) is 23.4 Å². The van der Waals surface area contributed by atoms with Crippen LogP contribution in [0, 0.1) is 16.0 Å². The molecule has 0 fully saturated rings. The Balaban J connectivity index is 1.82. The lowest BCUT2D eigenvalue weighted by atomic mass is 10.00. The zero-order chi connectivity index (χ0) is 19.5. The number of nitro benzene ring substituents is 1. The Kier molecular flexibility index (Phi) is 8.49. The molecule has 27 heavy (non-hydrogen) atoms. The second-order valence-corrected chi connectivity index (χ2v) is 6.69. The smallest absolute Gasteiger partial charge is 0.269 e. The predicted molar refractivity (Wildman–Crippen MR) is 110 cm³/mol. The average molecular weight is 368 g/mol. The van der Waals surface area contributed by atoms with Crippen molar-refractivity contribution in [1.29, 1.82) is 0 Å². The number of rotatable bonds is 11. The number of hydrogen-bond acceptors (Lipinski definition) is 4. The van der Waals surface area contributed by atoms with Gasteiger partial charge < -0.3 is 4.74 Å². The summed E-state index contributed by atoms with van der Waals surface area (Å²) >= 11 is 0. The molecule has 1 unspecified atom stereocenters. The van der Waals surface area contributed by atoms with E-state index in [1.54, 1.807) is 12.1 Å². The minimum Gasteiger partial charge on any atom is -0.489 e. The zero-order valence-electron chi connectivity index (χ0n) is 16.1. The first-order valence-electron chi connectivity index (χ1n) is 9.58. The van der Waals surface area contributed by atoms with E-state index in [4.69, 9.17) is 4.74 Å². The van der Waals surface area contributed by atoms with Crippen LogP contribution in [0.4, 0.5) is 5.69 Å². The molecule has 0 aliphatic carbocycles. The summed E-state index contributed by atoms with van der Waals surface area (Å²) in [5.41, 5.74) is 2.04. The van der Waals surface area contributed by atoms with Crippen LogP contribution >= 0.6 is 0 Å². The molecular weight excluding hydrogens is 340 g/mol. The highest BCUT2D eigenvalue weighted by Gasteiger charge is 2.05. The fourth-order valence-electron chi connectivity index (χ4n) is 2.76. The lowest BCUT2D eigenvalue weighted by molar-refractivity contribution is -0.384. The van der Waals surface area contributed by atoms with E-state index in [0.29, 0.717) is 12.5 Å². The van der Waals surface area contributed by atoms with Gasteiger partial charge in [0.05, 0.1) is 4.92 Å². The largest absolute Gasteiger partial charge is 0.489 e. The third-order valence-corrected chi connectivity index (χ3v) is 4.58. The first-order chi connectivity index (χ1) is 13.1. The normalized spacial score (nSPS) is 12.2. The van der Waals surface area contributed by atoms with Crippen molar-refractivity contribution in [2.75, 3.05) is 6.54 Å². The lowest BCUT2D eigenvalue weighted by Crippen LogP contribution is -2.03. The van der Waals surface area contributed by atoms with Gasteiger partial charge in [-0.05, 0) is 59.9 Å². The molecule has 0 bridgehead atoms. The van der Waals surface area contributed by atoms with Gasteiger partial charge in [-0.1, -0.05) is 33.1 Å². The van der Waals surface area contributed by atoms with E-state index in [9.17, 15) is 10.1 Å². The Morgan fingerprint density at radius 1 is 1.11 bits per heavy atom. The predicted octanol–water partition coefficient (Wildman–Crippen LogP) is 5.81. The summed E-state index contributed by atoms with van der Waals surface area (Å²) in [6, 6.07) is 14.2. The van der Waals surface area contributed by atoms with Gasteiger partial charge in [0.2, 0.25) is 0 Å². The van der Waals surface area contributed by atoms with Crippen LogP contribution in [0.3, 0.4) is 0 Å². The second-order valence-electron chi connectivity index (χ2n) is 6.69. The Morgan fingerprint density at radius 3 is 2.41 bits per heavy atom. The second kappa shape index (κ2) is 11.1. The molecule has 0 saturated carbocycles. The highest BCUT2D eigenvalue weighted by Crippen LogP contribution is 2.17. The standard InChI is InChI=1S/C22H28N2O3/c1-3-5-6-18(4-2)15-23-16-19-9-13-22(14-10-19)27-17-20-7-11-21(12-8-20)24(25)26/h7-14,16,18H,3-6,15,17H2,1-2H3/b23-16+. The van der Waals surface area contributed by atoms with E-state index in [-0.39, 0.29) is 5.69 Å². The van der Waals surface area contributed by atoms with Gasteiger partial charge in [0.1, 0.15) is 12.4 Å². The SMILES string of the molecule is CCCCC(CC)C/N=C/c1ccc(OCc2ccc([N+](=O)[O-])cc2)cc1. The third kappa shape index (κ3) is 7.21. The van der Waals surface area contributed by atoms with Crippen molar-refractivity contribution in [3.63, 3.8) is 0 Å². The molecule has 144 valence electrons. The van der Waals surface area contributed by atoms with Gasteiger partial charge in [0, 0.05) is 24.9 Å². The molecule has 0 amide bonds. The van der Waals surface area contributed by atoms with Gasteiger partial charge in [-0.2, -0.15) is 0 Å². The van der Waals surface area contributed by atoms with Gasteiger partial charge in [0.15, 0.2) is 0 Å². The number of ether oxygens (including phenoxy) is 1. The van der Waals surface area contributed by atoms with E-state index >= 15 is 0 Å². The fraction of sp³-hybridized carbons (Fsp3) is 0.409. The number of hydrogen-bond donors (Lipinski definition) is 0. The topological polar surface area (TPSA) is 64.7 Å². The van der Waals surface area contributed by atoms with E-state index in [2.05, 4.69) is 18.8 Å². The first-order valence-corrected chi connectivity index (χ1v) is 9.58. The summed E-state index contributed by atoms with van der Waals surface area (Å²) in [6.07, 6.45) is 6.86. The molecule has 0 aromatic heterocycles. The molecule has 0 aliphatic heterocycles. The molecule has 5 heteroatoms. The molecule has 5 nitrogen and oxygen atoms in total. The van der Waals surface area contributed by atoms with Crippen molar-refractivity contribution >= 4 is 11.9 Å². The average Bonchev–Trinajstić information content (AvgIpc) is 2.70. The molecule has 0 N–H and O–H groups in total. The van der Waals surface area contributed by atoms with Gasteiger partial charge in [-0.25, -0.2) is 0 Å². The van der Waals surface area contributed by atoms with Crippen molar-refractivity contribution in [2.24, 2.45) is 10.9 Å². The number of aliphatic imine (C=N–C) groups is 1. The van der Waals surface area contributed by atoms with Gasteiger partial charge in [-0.15, -0.1) is 0 Å². The van der Waals surface area contributed by atoms with Crippen LogP contribution in [0.2, 0.25) is 0 Å². The summed E-state index contributed by atoms with van der Waals surface area (Å²) < 4.78 is 5.74. The molecule has 2 aromatic carbocycles. The number of nitrogens with zero attached hydrogens (tertiary/aromatic N) is 2. The van der Waals surface area contributed by atoms with Crippen molar-refractivity contribution in [1.82, 2.24) is 0 Å². The first kappa shape index (κ1) is 20.6. The van der Waals surface area contributed by atoms with Crippen LogP contribution < -0.4 is 4.74 Å². The summed E-state index contributed by atoms with van der Waals surface area (Å²) in [5, 5.41) is 10.7. The minimum absolute atomic E-state index is 0.0856. The number of non-ortho nitro benzene ring substituents is 1.